The zero-order valence-corrected chi connectivity index (χ0v) is 16.4. The third kappa shape index (κ3) is 2.25. The molecule has 3 aromatic rings. The molecule has 23 heavy (non-hydrogen) atoms. The summed E-state index contributed by atoms with van der Waals surface area (Å²) in [6.45, 7) is 4.85. The third-order valence-corrected chi connectivity index (χ3v) is 11.0. The molecular formula is C19H17NOSiTe. The number of rotatable bonds is 2. The SMILES string of the molecule is C[Si]1(C)c2ccccc2N(c2ccc(C=O)[te]2)c2ccccc21. The van der Waals surface area contributed by atoms with E-state index in [1.54, 1.807) is 0 Å². The molecule has 0 aliphatic carbocycles. The Labute approximate surface area is 147 Å². The van der Waals surface area contributed by atoms with E-state index in [4.69, 9.17) is 0 Å². The van der Waals surface area contributed by atoms with Gasteiger partial charge in [-0.3, -0.25) is 0 Å². The average molecular weight is 431 g/mol. The van der Waals surface area contributed by atoms with Gasteiger partial charge in [0.25, 0.3) is 0 Å². The fourth-order valence-electron chi connectivity index (χ4n) is 3.43. The van der Waals surface area contributed by atoms with E-state index in [0.717, 1.165) is 9.87 Å². The van der Waals surface area contributed by atoms with Crippen LogP contribution in [0.1, 0.15) is 8.37 Å². The predicted molar refractivity (Wildman–Crippen MR) is 100 cm³/mol. The van der Waals surface area contributed by atoms with Crippen LogP contribution in [0.2, 0.25) is 13.1 Å². The number of benzene rings is 2. The maximum absolute atomic E-state index is 11.1. The molecule has 0 atom stereocenters. The van der Waals surface area contributed by atoms with E-state index in [9.17, 15) is 4.79 Å². The van der Waals surface area contributed by atoms with Crippen LogP contribution < -0.4 is 15.3 Å². The predicted octanol–water partition coefficient (Wildman–Crippen LogP) is 3.16. The first-order chi connectivity index (χ1) is 11.1. The number of fused-ring (bicyclic) bond motifs is 2. The first-order valence-corrected chi connectivity index (χ1v) is 13.0. The Bertz CT molecular complexity index is 850. The Kier molecular flexibility index (Phi) is 3.57. The summed E-state index contributed by atoms with van der Waals surface area (Å²) in [7, 11) is -1.69. The van der Waals surface area contributed by atoms with Crippen LogP contribution >= 0.6 is 0 Å². The van der Waals surface area contributed by atoms with Crippen molar-refractivity contribution in [3.63, 3.8) is 0 Å². The Balaban J connectivity index is 2.02. The second-order valence-electron chi connectivity index (χ2n) is 6.29. The van der Waals surface area contributed by atoms with Gasteiger partial charge in [0, 0.05) is 0 Å². The molecule has 0 fully saturated rings. The molecule has 0 spiro atoms. The van der Waals surface area contributed by atoms with Gasteiger partial charge in [0.2, 0.25) is 0 Å². The number of anilines is 3. The van der Waals surface area contributed by atoms with Gasteiger partial charge >= 0.3 is 147 Å². The van der Waals surface area contributed by atoms with Crippen LogP contribution in [-0.2, 0) is 0 Å². The zero-order valence-electron chi connectivity index (χ0n) is 13.1. The van der Waals surface area contributed by atoms with Gasteiger partial charge in [-0.15, -0.1) is 0 Å². The minimum atomic E-state index is -1.69. The Morgan fingerprint density at radius 3 is 1.96 bits per heavy atom. The molecule has 114 valence electrons. The van der Waals surface area contributed by atoms with Crippen LogP contribution in [0.4, 0.5) is 15.1 Å². The number of aldehydes is 1. The van der Waals surface area contributed by atoms with E-state index in [1.807, 2.05) is 6.07 Å². The van der Waals surface area contributed by atoms with E-state index in [1.165, 1.54) is 25.5 Å². The molecule has 4 rings (SSSR count). The van der Waals surface area contributed by atoms with Crippen molar-refractivity contribution in [1.29, 1.82) is 0 Å². The number of para-hydroxylation sites is 2. The van der Waals surface area contributed by atoms with Gasteiger partial charge in [0.15, 0.2) is 0 Å². The molecule has 0 saturated heterocycles. The van der Waals surface area contributed by atoms with Crippen molar-refractivity contribution in [1.82, 2.24) is 0 Å². The molecule has 2 heterocycles. The van der Waals surface area contributed by atoms with Crippen molar-refractivity contribution >= 4 is 60.2 Å². The fourth-order valence-corrected chi connectivity index (χ4v) is 8.84. The Hall–Kier alpha value is -1.60. The second-order valence-corrected chi connectivity index (χ2v) is 13.7. The minimum absolute atomic E-state index is 0.604. The fraction of sp³-hybridized carbons (Fsp3) is 0.105. The molecule has 0 radical (unpaired) electrons. The Morgan fingerprint density at radius 1 is 0.870 bits per heavy atom. The monoisotopic (exact) mass is 433 g/mol. The van der Waals surface area contributed by atoms with Crippen molar-refractivity contribution in [3.05, 3.63) is 64.2 Å². The number of carbonyl (C=O) groups is 1. The van der Waals surface area contributed by atoms with Crippen molar-refractivity contribution < 1.29 is 4.79 Å². The van der Waals surface area contributed by atoms with Crippen molar-refractivity contribution in [2.75, 3.05) is 4.90 Å². The molecule has 0 N–H and O–H groups in total. The van der Waals surface area contributed by atoms with Gasteiger partial charge < -0.3 is 0 Å². The van der Waals surface area contributed by atoms with Gasteiger partial charge in [0.1, 0.15) is 0 Å². The summed E-state index contributed by atoms with van der Waals surface area (Å²) >= 11 is -0.604. The summed E-state index contributed by atoms with van der Waals surface area (Å²) in [4.78, 5) is 13.5. The van der Waals surface area contributed by atoms with E-state index in [-0.39, 0.29) is 0 Å². The summed E-state index contributed by atoms with van der Waals surface area (Å²) in [5.41, 5.74) is 2.61. The molecule has 1 aliphatic rings. The van der Waals surface area contributed by atoms with E-state index in [0.29, 0.717) is 0 Å². The third-order valence-electron chi connectivity index (χ3n) is 4.59. The van der Waals surface area contributed by atoms with Crippen LogP contribution in [0.15, 0.2) is 60.7 Å². The summed E-state index contributed by atoms with van der Waals surface area (Å²) in [5.74, 6) is 0. The first-order valence-electron chi connectivity index (χ1n) is 7.67. The molecule has 1 aliphatic heterocycles. The van der Waals surface area contributed by atoms with Crippen LogP contribution in [0.5, 0.6) is 0 Å². The standard InChI is InChI=1S/C19H17NOSiTe/c1-22(2)17-9-5-3-7-15(17)20(16-8-4-6-10-18(16)22)19-12-11-14(13-21)23-19/h3-13H,1-2H3. The molecule has 0 amide bonds. The second kappa shape index (κ2) is 5.49. The van der Waals surface area contributed by atoms with Gasteiger partial charge in [-0.25, -0.2) is 0 Å². The summed E-state index contributed by atoms with van der Waals surface area (Å²) < 4.78 is 2.28. The molecular weight excluding hydrogens is 414 g/mol. The van der Waals surface area contributed by atoms with Gasteiger partial charge in [0.05, 0.1) is 0 Å². The average Bonchev–Trinajstić information content (AvgIpc) is 3.04. The molecule has 2 aromatic carbocycles. The zero-order chi connectivity index (χ0) is 16.0. The van der Waals surface area contributed by atoms with Crippen LogP contribution in [0.25, 0.3) is 0 Å². The van der Waals surface area contributed by atoms with Gasteiger partial charge in [-0.05, 0) is 0 Å². The summed E-state index contributed by atoms with van der Waals surface area (Å²) in [6, 6.07) is 21.7. The number of carbonyl (C=O) groups excluding carboxylic acids is 1. The Morgan fingerprint density at radius 2 is 1.43 bits per heavy atom. The number of hydrogen-bond donors (Lipinski definition) is 0. The molecule has 2 nitrogen and oxygen atoms in total. The van der Waals surface area contributed by atoms with Gasteiger partial charge in [-0.2, -0.15) is 0 Å². The summed E-state index contributed by atoms with van der Waals surface area (Å²) in [5, 5.41) is 2.96. The van der Waals surface area contributed by atoms with Crippen molar-refractivity contribution in [2.45, 2.75) is 13.1 Å². The van der Waals surface area contributed by atoms with Crippen LogP contribution in [0, 0.1) is 0 Å². The van der Waals surface area contributed by atoms with E-state index >= 15 is 0 Å². The first kappa shape index (κ1) is 15.0. The van der Waals surface area contributed by atoms with E-state index < -0.39 is 28.5 Å². The van der Waals surface area contributed by atoms with Crippen LogP contribution in [-0.4, -0.2) is 34.8 Å². The molecule has 1 aromatic heterocycles. The van der Waals surface area contributed by atoms with Crippen LogP contribution in [0.3, 0.4) is 0 Å². The molecule has 0 bridgehead atoms. The molecule has 0 unspecified atom stereocenters. The quantitative estimate of drug-likeness (QED) is 0.459. The topological polar surface area (TPSA) is 20.3 Å². The molecule has 0 saturated carbocycles. The summed E-state index contributed by atoms with van der Waals surface area (Å²) in [6.07, 6.45) is 1.02. The van der Waals surface area contributed by atoms with Crippen molar-refractivity contribution in [2.24, 2.45) is 0 Å². The van der Waals surface area contributed by atoms with Crippen molar-refractivity contribution in [3.8, 4) is 0 Å². The number of nitrogens with zero attached hydrogens (tertiary/aromatic N) is 1. The normalized spacial score (nSPS) is 15.0. The van der Waals surface area contributed by atoms with E-state index in [2.05, 4.69) is 72.6 Å². The number of hydrogen-bond acceptors (Lipinski definition) is 2. The molecule has 4 heteroatoms. The van der Waals surface area contributed by atoms with Gasteiger partial charge in [-0.1, -0.05) is 0 Å². The maximum atomic E-state index is 11.1.